The van der Waals surface area contributed by atoms with Crippen LogP contribution in [0.2, 0.25) is 0 Å². The Balaban J connectivity index is 2.74. The molecule has 1 heterocycles. The van der Waals surface area contributed by atoms with Crippen LogP contribution in [0.4, 0.5) is 13.2 Å². The summed E-state index contributed by atoms with van der Waals surface area (Å²) in [4.78, 5) is 1.68. The van der Waals surface area contributed by atoms with Crippen molar-refractivity contribution in [1.29, 1.82) is 0 Å². The highest BCUT2D eigenvalue weighted by Crippen LogP contribution is 2.33. The van der Waals surface area contributed by atoms with Gasteiger partial charge in [-0.3, -0.25) is 0 Å². The minimum absolute atomic E-state index is 0.243. The normalized spacial score (nSPS) is 30.8. The molecule has 0 aliphatic carbocycles. The standard InChI is InChI=1S/C11H19F3N3O2S/c1-16-10(17(2)3)20-8-4-6(15)9(18)7(19-8)5-11(12,13)14/h6-9,18H,1,4-5,15H2,2-3H3/q+1. The van der Waals surface area contributed by atoms with E-state index in [4.69, 9.17) is 10.5 Å². The van der Waals surface area contributed by atoms with Gasteiger partial charge in [0.2, 0.25) is 0 Å². The van der Waals surface area contributed by atoms with Crippen molar-refractivity contribution in [1.82, 2.24) is 9.57 Å². The molecule has 0 aromatic rings. The van der Waals surface area contributed by atoms with Gasteiger partial charge in [0, 0.05) is 24.2 Å². The van der Waals surface area contributed by atoms with E-state index in [1.54, 1.807) is 19.0 Å². The van der Waals surface area contributed by atoms with Gasteiger partial charge in [0.1, 0.15) is 5.44 Å². The van der Waals surface area contributed by atoms with Gasteiger partial charge < -0.3 is 15.6 Å². The van der Waals surface area contributed by atoms with E-state index in [9.17, 15) is 18.3 Å². The lowest BCUT2D eigenvalue weighted by molar-refractivity contribution is -0.190. The number of nitrogens with zero attached hydrogens (tertiary/aromatic N) is 2. The van der Waals surface area contributed by atoms with Crippen LogP contribution >= 0.6 is 11.8 Å². The molecular weight excluding hydrogens is 295 g/mol. The Labute approximate surface area is 119 Å². The third-order valence-electron chi connectivity index (χ3n) is 2.80. The summed E-state index contributed by atoms with van der Waals surface area (Å²) in [6, 6.07) is -0.762. The fourth-order valence-electron chi connectivity index (χ4n) is 1.84. The summed E-state index contributed by atoms with van der Waals surface area (Å²) in [6.45, 7) is 3.39. The maximum absolute atomic E-state index is 12.4. The molecule has 9 heteroatoms. The molecule has 3 N–H and O–H groups in total. The first kappa shape index (κ1) is 17.3. The molecular formula is C11H19F3N3O2S+. The summed E-state index contributed by atoms with van der Waals surface area (Å²) in [5, 5.41) is 10.2. The highest BCUT2D eigenvalue weighted by Gasteiger charge is 2.43. The maximum Gasteiger partial charge on any atom is 0.407 e. The van der Waals surface area contributed by atoms with Crippen molar-refractivity contribution >= 4 is 23.6 Å². The van der Waals surface area contributed by atoms with Crippen molar-refractivity contribution in [2.45, 2.75) is 42.7 Å². The molecule has 4 atom stereocenters. The van der Waals surface area contributed by atoms with Gasteiger partial charge in [-0.05, 0) is 0 Å². The third kappa shape index (κ3) is 4.99. The van der Waals surface area contributed by atoms with Crippen LogP contribution in [-0.2, 0) is 4.74 Å². The van der Waals surface area contributed by atoms with Crippen LogP contribution in [0, 0.1) is 0 Å². The highest BCUT2D eigenvalue weighted by molar-refractivity contribution is 8.14. The third-order valence-corrected chi connectivity index (χ3v) is 4.07. The molecule has 0 aromatic heterocycles. The lowest BCUT2D eigenvalue weighted by atomic mass is 9.98. The van der Waals surface area contributed by atoms with Crippen molar-refractivity contribution in [3.05, 3.63) is 0 Å². The molecule has 5 nitrogen and oxygen atoms in total. The van der Waals surface area contributed by atoms with Crippen molar-refractivity contribution in [3.8, 4) is 0 Å². The van der Waals surface area contributed by atoms with Gasteiger partial charge in [-0.2, -0.15) is 13.2 Å². The number of aliphatic hydroxyl groups excluding tert-OH is 1. The number of amidine groups is 1. The molecule has 0 aromatic carbocycles. The number of ether oxygens (including phenoxy) is 1. The minimum Gasteiger partial charge on any atom is -0.389 e. The maximum atomic E-state index is 12.4. The Morgan fingerprint density at radius 2 is 2.15 bits per heavy atom. The summed E-state index contributed by atoms with van der Waals surface area (Å²) in [5.74, 6) is 0. The molecule has 1 saturated heterocycles. The average molecular weight is 314 g/mol. The Hall–Kier alpha value is -0.730. The molecule has 20 heavy (non-hydrogen) atoms. The molecule has 1 aliphatic heterocycles. The first-order valence-electron chi connectivity index (χ1n) is 5.97. The number of nitrogens with two attached hydrogens (primary N) is 1. The summed E-state index contributed by atoms with van der Waals surface area (Å²) >= 11 is 1.14. The van der Waals surface area contributed by atoms with Crippen molar-refractivity contribution in [3.63, 3.8) is 0 Å². The van der Waals surface area contributed by atoms with E-state index in [0.717, 1.165) is 11.8 Å². The number of thioether (sulfide) groups is 1. The molecule has 116 valence electrons. The lowest BCUT2D eigenvalue weighted by Crippen LogP contribution is -2.53. The monoisotopic (exact) mass is 314 g/mol. The zero-order valence-corrected chi connectivity index (χ0v) is 12.1. The molecule has 1 aliphatic rings. The van der Waals surface area contributed by atoms with Gasteiger partial charge in [-0.1, -0.05) is 0 Å². The summed E-state index contributed by atoms with van der Waals surface area (Å²) in [5.41, 5.74) is 5.10. The Morgan fingerprint density at radius 1 is 1.55 bits per heavy atom. The largest absolute Gasteiger partial charge is 0.407 e. The van der Waals surface area contributed by atoms with Crippen molar-refractivity contribution in [2.75, 3.05) is 14.1 Å². The number of halogens is 3. The fraction of sp³-hybridized carbons (Fsp3) is 0.818. The van der Waals surface area contributed by atoms with E-state index < -0.39 is 36.3 Å². The van der Waals surface area contributed by atoms with Crippen molar-refractivity contribution < 1.29 is 23.0 Å². The van der Waals surface area contributed by atoms with Crippen molar-refractivity contribution in [2.24, 2.45) is 5.73 Å². The number of rotatable bonds is 2. The lowest BCUT2D eigenvalue weighted by Gasteiger charge is -2.37. The van der Waals surface area contributed by atoms with Crippen LogP contribution in [0.15, 0.2) is 0 Å². The zero-order valence-electron chi connectivity index (χ0n) is 11.3. The molecule has 0 amide bonds. The van der Waals surface area contributed by atoms with Crippen LogP contribution in [0.25, 0.3) is 0 Å². The number of hydrogen-bond acceptors (Lipinski definition) is 4. The van der Waals surface area contributed by atoms with E-state index in [-0.39, 0.29) is 6.42 Å². The van der Waals surface area contributed by atoms with Gasteiger partial charge >= 0.3 is 11.3 Å². The molecule has 0 saturated carbocycles. The topological polar surface area (TPSA) is 72.8 Å². The Bertz CT molecular complexity index is 386. The number of alkyl halides is 3. The molecule has 0 bridgehead atoms. The quantitative estimate of drug-likeness (QED) is 0.432. The number of hydrogen-bond donors (Lipinski definition) is 2. The highest BCUT2D eigenvalue weighted by atomic mass is 32.2. The molecule has 4 unspecified atom stereocenters. The average Bonchev–Trinajstić information content (AvgIpc) is 2.30. The predicted molar refractivity (Wildman–Crippen MR) is 73.5 cm³/mol. The first-order chi connectivity index (χ1) is 9.14. The minimum atomic E-state index is -4.41. The Morgan fingerprint density at radius 3 is 2.60 bits per heavy atom. The first-order valence-corrected chi connectivity index (χ1v) is 6.85. The van der Waals surface area contributed by atoms with Gasteiger partial charge in [-0.15, -0.1) is 0 Å². The fourth-order valence-corrected chi connectivity index (χ4v) is 2.88. The van der Waals surface area contributed by atoms with E-state index in [1.165, 1.54) is 0 Å². The smallest absolute Gasteiger partial charge is 0.389 e. The van der Waals surface area contributed by atoms with E-state index >= 15 is 0 Å². The second kappa shape index (κ2) is 6.82. The molecule has 0 spiro atoms. The SMILES string of the molecule is C=[N+]=C(SC1CC(N)C(O)C(CC(F)(F)F)O1)N(C)C. The van der Waals surface area contributed by atoms with Crippen LogP contribution < -0.4 is 10.4 Å². The molecule has 0 radical (unpaired) electrons. The predicted octanol–water partition coefficient (Wildman–Crippen LogP) is 0.161. The Kier molecular flexibility index (Phi) is 5.91. The van der Waals surface area contributed by atoms with Crippen LogP contribution in [-0.4, -0.2) is 65.8 Å². The summed E-state index contributed by atoms with van der Waals surface area (Å²) < 4.78 is 46.4. The second-order valence-corrected chi connectivity index (χ2v) is 5.89. The number of aliphatic hydroxyl groups is 1. The van der Waals surface area contributed by atoms with Crippen LogP contribution in [0.5, 0.6) is 0 Å². The second-order valence-electron chi connectivity index (χ2n) is 4.77. The molecule has 1 rings (SSSR count). The van der Waals surface area contributed by atoms with Gasteiger partial charge in [0.25, 0.3) is 0 Å². The van der Waals surface area contributed by atoms with Gasteiger partial charge in [0.15, 0.2) is 6.72 Å². The van der Waals surface area contributed by atoms with Crippen LogP contribution in [0.3, 0.4) is 0 Å². The van der Waals surface area contributed by atoms with E-state index in [1.807, 2.05) is 0 Å². The summed E-state index contributed by atoms with van der Waals surface area (Å²) in [6.07, 6.45) is -8.08. The van der Waals surface area contributed by atoms with Gasteiger partial charge in [-0.25, -0.2) is 9.57 Å². The zero-order chi connectivity index (χ0) is 15.5. The van der Waals surface area contributed by atoms with E-state index in [2.05, 4.69) is 11.4 Å². The van der Waals surface area contributed by atoms with Crippen LogP contribution in [0.1, 0.15) is 12.8 Å². The van der Waals surface area contributed by atoms with E-state index in [0.29, 0.717) is 5.17 Å². The molecule has 1 fully saturated rings. The summed E-state index contributed by atoms with van der Waals surface area (Å²) in [7, 11) is 3.48. The van der Waals surface area contributed by atoms with Gasteiger partial charge in [0.05, 0.1) is 32.7 Å².